The van der Waals surface area contributed by atoms with Gasteiger partial charge in [0.15, 0.2) is 0 Å². The SMILES string of the molecule is CC(C)(C)c1ccc([C@@H]2[C@@H](C(=O)O)CCC(=O)N2Cc2ccccc2)cc1. The van der Waals surface area contributed by atoms with Crippen LogP contribution in [0, 0.1) is 5.92 Å². The Morgan fingerprint density at radius 2 is 1.70 bits per heavy atom. The molecule has 1 heterocycles. The third-order valence-corrected chi connectivity index (χ3v) is 5.34. The number of likely N-dealkylation sites (tertiary alicyclic amines) is 1. The van der Waals surface area contributed by atoms with Gasteiger partial charge in [-0.2, -0.15) is 0 Å². The Hall–Kier alpha value is -2.62. The van der Waals surface area contributed by atoms with Crippen molar-refractivity contribution in [1.29, 1.82) is 0 Å². The van der Waals surface area contributed by atoms with E-state index in [9.17, 15) is 14.7 Å². The standard InChI is InChI=1S/C23H27NO3/c1-23(2,3)18-11-9-17(10-12-18)21-19(22(26)27)13-14-20(25)24(21)15-16-7-5-4-6-8-16/h4-12,19,21H,13-15H2,1-3H3,(H,26,27)/t19-,21+/m0/s1. The minimum absolute atomic E-state index is 0.0150. The number of hydrogen-bond donors (Lipinski definition) is 1. The number of amides is 1. The van der Waals surface area contributed by atoms with Crippen LogP contribution in [0.4, 0.5) is 0 Å². The van der Waals surface area contributed by atoms with Gasteiger partial charge in [-0.25, -0.2) is 0 Å². The predicted octanol–water partition coefficient (Wildman–Crippen LogP) is 4.55. The lowest BCUT2D eigenvalue weighted by Gasteiger charge is -2.40. The number of benzene rings is 2. The van der Waals surface area contributed by atoms with Gasteiger partial charge in [0.2, 0.25) is 5.91 Å². The molecule has 0 aliphatic carbocycles. The summed E-state index contributed by atoms with van der Waals surface area (Å²) in [6, 6.07) is 17.4. The number of aliphatic carboxylic acids is 1. The second kappa shape index (κ2) is 7.55. The summed E-state index contributed by atoms with van der Waals surface area (Å²) in [5.41, 5.74) is 3.11. The number of nitrogens with zero attached hydrogens (tertiary/aromatic N) is 1. The Morgan fingerprint density at radius 1 is 1.07 bits per heavy atom. The fourth-order valence-electron chi connectivity index (χ4n) is 3.77. The van der Waals surface area contributed by atoms with Gasteiger partial charge in [0.05, 0.1) is 12.0 Å². The number of hydrogen-bond acceptors (Lipinski definition) is 2. The average molecular weight is 365 g/mol. The highest BCUT2D eigenvalue weighted by atomic mass is 16.4. The normalized spacial score (nSPS) is 20.6. The first-order chi connectivity index (χ1) is 12.8. The fourth-order valence-corrected chi connectivity index (χ4v) is 3.77. The quantitative estimate of drug-likeness (QED) is 0.865. The molecule has 2 atom stereocenters. The van der Waals surface area contributed by atoms with Crippen molar-refractivity contribution in [3.8, 4) is 0 Å². The first kappa shape index (κ1) is 19.2. The van der Waals surface area contributed by atoms with Crippen molar-refractivity contribution < 1.29 is 14.7 Å². The van der Waals surface area contributed by atoms with Crippen molar-refractivity contribution in [1.82, 2.24) is 4.90 Å². The molecule has 4 nitrogen and oxygen atoms in total. The van der Waals surface area contributed by atoms with Crippen LogP contribution < -0.4 is 0 Å². The Morgan fingerprint density at radius 3 is 2.26 bits per heavy atom. The third-order valence-electron chi connectivity index (χ3n) is 5.34. The van der Waals surface area contributed by atoms with E-state index in [0.717, 1.165) is 11.1 Å². The van der Waals surface area contributed by atoms with Crippen LogP contribution in [-0.4, -0.2) is 21.9 Å². The molecule has 0 saturated carbocycles. The molecule has 27 heavy (non-hydrogen) atoms. The Balaban J connectivity index is 1.98. The van der Waals surface area contributed by atoms with E-state index in [1.807, 2.05) is 54.6 Å². The van der Waals surface area contributed by atoms with Gasteiger partial charge in [0, 0.05) is 13.0 Å². The molecule has 0 bridgehead atoms. The van der Waals surface area contributed by atoms with Crippen LogP contribution >= 0.6 is 0 Å². The molecule has 2 aromatic rings. The second-order valence-corrected chi connectivity index (χ2v) is 8.31. The van der Waals surface area contributed by atoms with Crippen molar-refractivity contribution in [2.75, 3.05) is 0 Å². The number of carbonyl (C=O) groups excluding carboxylic acids is 1. The zero-order valence-electron chi connectivity index (χ0n) is 16.2. The summed E-state index contributed by atoms with van der Waals surface area (Å²) in [6.45, 7) is 6.87. The highest BCUT2D eigenvalue weighted by Crippen LogP contribution is 2.38. The molecule has 1 aliphatic heterocycles. The Kier molecular flexibility index (Phi) is 5.36. The smallest absolute Gasteiger partial charge is 0.308 e. The van der Waals surface area contributed by atoms with Crippen molar-refractivity contribution in [2.24, 2.45) is 5.92 Å². The van der Waals surface area contributed by atoms with Gasteiger partial charge < -0.3 is 10.0 Å². The van der Waals surface area contributed by atoms with Crippen LogP contribution in [0.1, 0.15) is 56.3 Å². The van der Waals surface area contributed by atoms with Crippen LogP contribution in [-0.2, 0) is 21.5 Å². The molecule has 2 aromatic carbocycles. The summed E-state index contributed by atoms with van der Waals surface area (Å²) in [7, 11) is 0. The molecule has 0 spiro atoms. The summed E-state index contributed by atoms with van der Waals surface area (Å²) in [6.07, 6.45) is 0.658. The molecular formula is C23H27NO3. The minimum atomic E-state index is -0.842. The van der Waals surface area contributed by atoms with Gasteiger partial charge in [-0.05, 0) is 28.5 Å². The van der Waals surface area contributed by atoms with E-state index in [4.69, 9.17) is 0 Å². The first-order valence-corrected chi connectivity index (χ1v) is 9.44. The molecule has 1 saturated heterocycles. The van der Waals surface area contributed by atoms with Gasteiger partial charge in [-0.15, -0.1) is 0 Å². The molecule has 3 rings (SSSR count). The fraction of sp³-hybridized carbons (Fsp3) is 0.391. The topological polar surface area (TPSA) is 57.6 Å². The summed E-state index contributed by atoms with van der Waals surface area (Å²) < 4.78 is 0. The van der Waals surface area contributed by atoms with Crippen LogP contribution in [0.5, 0.6) is 0 Å². The third kappa shape index (κ3) is 4.21. The second-order valence-electron chi connectivity index (χ2n) is 8.31. The molecule has 0 radical (unpaired) electrons. The summed E-state index contributed by atoms with van der Waals surface area (Å²) >= 11 is 0. The lowest BCUT2D eigenvalue weighted by Crippen LogP contribution is -2.44. The summed E-state index contributed by atoms with van der Waals surface area (Å²) in [5.74, 6) is -1.42. The van der Waals surface area contributed by atoms with E-state index < -0.39 is 17.9 Å². The molecule has 4 heteroatoms. The van der Waals surface area contributed by atoms with Crippen LogP contribution in [0.2, 0.25) is 0 Å². The number of carbonyl (C=O) groups is 2. The molecule has 1 amide bonds. The van der Waals surface area contributed by atoms with E-state index in [-0.39, 0.29) is 17.7 Å². The Labute approximate surface area is 160 Å². The van der Waals surface area contributed by atoms with E-state index in [2.05, 4.69) is 20.8 Å². The first-order valence-electron chi connectivity index (χ1n) is 9.44. The molecule has 1 N–H and O–H groups in total. The molecule has 0 unspecified atom stereocenters. The number of rotatable bonds is 4. The predicted molar refractivity (Wildman–Crippen MR) is 105 cm³/mol. The average Bonchev–Trinajstić information content (AvgIpc) is 2.63. The number of carboxylic acid groups (broad SMARTS) is 1. The minimum Gasteiger partial charge on any atom is -0.481 e. The maximum atomic E-state index is 12.7. The summed E-state index contributed by atoms with van der Waals surface area (Å²) in [5, 5.41) is 9.79. The molecule has 142 valence electrons. The lowest BCUT2D eigenvalue weighted by molar-refractivity contribution is -0.152. The van der Waals surface area contributed by atoms with E-state index in [1.54, 1.807) is 4.90 Å². The monoisotopic (exact) mass is 365 g/mol. The highest BCUT2D eigenvalue weighted by molar-refractivity contribution is 5.81. The molecule has 1 fully saturated rings. The van der Waals surface area contributed by atoms with E-state index >= 15 is 0 Å². The van der Waals surface area contributed by atoms with Crippen LogP contribution in [0.3, 0.4) is 0 Å². The van der Waals surface area contributed by atoms with Crippen molar-refractivity contribution >= 4 is 11.9 Å². The lowest BCUT2D eigenvalue weighted by atomic mass is 9.81. The molecular weight excluding hydrogens is 338 g/mol. The maximum absolute atomic E-state index is 12.7. The van der Waals surface area contributed by atoms with Gasteiger partial charge in [0.25, 0.3) is 0 Å². The van der Waals surface area contributed by atoms with Crippen LogP contribution in [0.25, 0.3) is 0 Å². The zero-order valence-corrected chi connectivity index (χ0v) is 16.2. The highest BCUT2D eigenvalue weighted by Gasteiger charge is 2.40. The van der Waals surface area contributed by atoms with Gasteiger partial charge >= 0.3 is 5.97 Å². The number of carboxylic acids is 1. The Bertz CT molecular complexity index is 806. The van der Waals surface area contributed by atoms with E-state index in [0.29, 0.717) is 13.0 Å². The summed E-state index contributed by atoms with van der Waals surface area (Å²) in [4.78, 5) is 26.4. The van der Waals surface area contributed by atoms with Crippen molar-refractivity contribution in [3.05, 3.63) is 71.3 Å². The van der Waals surface area contributed by atoms with Gasteiger partial charge in [0.1, 0.15) is 0 Å². The van der Waals surface area contributed by atoms with Crippen LogP contribution in [0.15, 0.2) is 54.6 Å². The van der Waals surface area contributed by atoms with E-state index in [1.165, 1.54) is 5.56 Å². The molecule has 1 aliphatic rings. The van der Waals surface area contributed by atoms with Gasteiger partial charge in [-0.3, -0.25) is 9.59 Å². The number of piperidine rings is 1. The van der Waals surface area contributed by atoms with Crippen molar-refractivity contribution in [3.63, 3.8) is 0 Å². The largest absolute Gasteiger partial charge is 0.481 e. The van der Waals surface area contributed by atoms with Gasteiger partial charge in [-0.1, -0.05) is 75.4 Å². The van der Waals surface area contributed by atoms with Crippen molar-refractivity contribution in [2.45, 2.75) is 51.6 Å². The maximum Gasteiger partial charge on any atom is 0.308 e. The zero-order chi connectivity index (χ0) is 19.6. The molecule has 0 aromatic heterocycles.